The summed E-state index contributed by atoms with van der Waals surface area (Å²) in [5.74, 6) is -1.47. The topological polar surface area (TPSA) is 61.8 Å². The summed E-state index contributed by atoms with van der Waals surface area (Å²) in [4.78, 5) is 13.6. The molecule has 5 nitrogen and oxygen atoms in total. The maximum absolute atomic E-state index is 14.4. The lowest BCUT2D eigenvalue weighted by molar-refractivity contribution is -0.0423. The Hall–Kier alpha value is -1.50. The van der Waals surface area contributed by atoms with Crippen LogP contribution in [0, 0.1) is 5.82 Å². The fourth-order valence-electron chi connectivity index (χ4n) is 4.45. The molecule has 1 aromatic rings. The van der Waals surface area contributed by atoms with E-state index in [2.05, 4.69) is 17.1 Å². The third-order valence-electron chi connectivity index (χ3n) is 5.75. The average molecular weight is 334 g/mol. The van der Waals surface area contributed by atoms with E-state index in [0.29, 0.717) is 24.6 Å². The molecule has 0 radical (unpaired) electrons. The molecule has 3 heterocycles. The lowest BCUT2D eigenvalue weighted by atomic mass is 9.89. The molecule has 3 aliphatic rings. The summed E-state index contributed by atoms with van der Waals surface area (Å²) >= 11 is 0. The first-order valence-electron chi connectivity index (χ1n) is 8.65. The fourth-order valence-corrected chi connectivity index (χ4v) is 4.45. The van der Waals surface area contributed by atoms with Crippen molar-refractivity contribution in [1.82, 2.24) is 10.2 Å². The Morgan fingerprint density at radius 1 is 1.54 bits per heavy atom. The van der Waals surface area contributed by atoms with Crippen LogP contribution in [0.2, 0.25) is 0 Å². The molecule has 3 aliphatic heterocycles. The Morgan fingerprint density at radius 3 is 2.96 bits per heavy atom. The van der Waals surface area contributed by atoms with Crippen LogP contribution in [-0.2, 0) is 17.7 Å². The van der Waals surface area contributed by atoms with E-state index in [1.807, 2.05) is 0 Å². The summed E-state index contributed by atoms with van der Waals surface area (Å²) < 4.78 is 20.4. The molecule has 2 saturated heterocycles. The van der Waals surface area contributed by atoms with Gasteiger partial charge in [0.15, 0.2) is 0 Å². The number of hydrogen-bond acceptors (Lipinski definition) is 4. The average Bonchev–Trinajstić information content (AvgIpc) is 3.14. The SMILES string of the molecule is CC[C@@H]1Cc2c(F)cc(C(=O)O)cc2CN1C[C@@]12CN[C@@H](CO1)C2. The number of aromatic carboxylic acids is 1. The molecular weight excluding hydrogens is 311 g/mol. The van der Waals surface area contributed by atoms with Crippen molar-refractivity contribution in [2.45, 2.75) is 50.4 Å². The Balaban J connectivity index is 1.61. The summed E-state index contributed by atoms with van der Waals surface area (Å²) in [5.41, 5.74) is 1.36. The molecule has 1 aromatic carbocycles. The van der Waals surface area contributed by atoms with Gasteiger partial charge in [-0.3, -0.25) is 4.90 Å². The predicted molar refractivity (Wildman–Crippen MR) is 86.6 cm³/mol. The number of benzene rings is 1. The van der Waals surface area contributed by atoms with Crippen LogP contribution in [0.4, 0.5) is 4.39 Å². The summed E-state index contributed by atoms with van der Waals surface area (Å²) in [6.07, 6.45) is 2.59. The first-order valence-corrected chi connectivity index (χ1v) is 8.65. The highest BCUT2D eigenvalue weighted by atomic mass is 19.1. The minimum absolute atomic E-state index is 0.0269. The summed E-state index contributed by atoms with van der Waals surface area (Å²) in [5, 5.41) is 12.7. The first-order chi connectivity index (χ1) is 11.5. The largest absolute Gasteiger partial charge is 0.478 e. The first kappa shape index (κ1) is 16.0. The molecular formula is C18H23FN2O3. The number of fused-ring (bicyclic) bond motifs is 3. The Bertz CT molecular complexity index is 670. The molecule has 0 spiro atoms. The van der Waals surface area contributed by atoms with Crippen LogP contribution >= 0.6 is 0 Å². The second-order valence-electron chi connectivity index (χ2n) is 7.35. The number of morpholine rings is 1. The van der Waals surface area contributed by atoms with Crippen molar-refractivity contribution in [2.75, 3.05) is 19.7 Å². The Morgan fingerprint density at radius 2 is 2.38 bits per heavy atom. The van der Waals surface area contributed by atoms with Gasteiger partial charge in [0, 0.05) is 31.7 Å². The molecule has 0 aliphatic carbocycles. The number of rotatable bonds is 4. The van der Waals surface area contributed by atoms with Gasteiger partial charge in [-0.2, -0.15) is 0 Å². The van der Waals surface area contributed by atoms with E-state index in [-0.39, 0.29) is 23.0 Å². The molecule has 4 rings (SSSR count). The minimum atomic E-state index is -1.08. The molecule has 0 unspecified atom stereocenters. The van der Waals surface area contributed by atoms with E-state index in [4.69, 9.17) is 4.74 Å². The van der Waals surface area contributed by atoms with Gasteiger partial charge >= 0.3 is 5.97 Å². The van der Waals surface area contributed by atoms with Gasteiger partial charge in [-0.15, -0.1) is 0 Å². The van der Waals surface area contributed by atoms with Crippen LogP contribution in [-0.4, -0.2) is 53.4 Å². The van der Waals surface area contributed by atoms with Crippen molar-refractivity contribution < 1.29 is 19.0 Å². The van der Waals surface area contributed by atoms with Gasteiger partial charge in [0.05, 0.1) is 17.8 Å². The van der Waals surface area contributed by atoms with Gasteiger partial charge in [0.1, 0.15) is 5.82 Å². The summed E-state index contributed by atoms with van der Waals surface area (Å²) in [6, 6.07) is 3.49. The molecule has 130 valence electrons. The number of carbonyl (C=O) groups is 1. The number of ether oxygens (including phenoxy) is 1. The number of carboxylic acid groups (broad SMARTS) is 1. The molecule has 0 saturated carbocycles. The summed E-state index contributed by atoms with van der Waals surface area (Å²) in [6.45, 7) is 5.14. The van der Waals surface area contributed by atoms with Crippen LogP contribution in [0.15, 0.2) is 12.1 Å². The zero-order valence-corrected chi connectivity index (χ0v) is 13.8. The van der Waals surface area contributed by atoms with E-state index in [1.54, 1.807) is 6.07 Å². The molecule has 0 aromatic heterocycles. The van der Waals surface area contributed by atoms with Crippen LogP contribution in [0.3, 0.4) is 0 Å². The highest BCUT2D eigenvalue weighted by molar-refractivity contribution is 5.88. The minimum Gasteiger partial charge on any atom is -0.478 e. The Kier molecular flexibility index (Phi) is 3.86. The van der Waals surface area contributed by atoms with E-state index >= 15 is 0 Å². The predicted octanol–water partition coefficient (Wildman–Crippen LogP) is 1.79. The van der Waals surface area contributed by atoms with E-state index < -0.39 is 5.97 Å². The normalized spacial score (nSPS) is 32.1. The van der Waals surface area contributed by atoms with Gasteiger partial charge in [0.2, 0.25) is 0 Å². The molecule has 24 heavy (non-hydrogen) atoms. The lowest BCUT2D eigenvalue weighted by Gasteiger charge is -2.41. The van der Waals surface area contributed by atoms with Crippen molar-refractivity contribution in [3.63, 3.8) is 0 Å². The molecule has 2 bridgehead atoms. The van der Waals surface area contributed by atoms with Crippen molar-refractivity contribution >= 4 is 5.97 Å². The number of halogens is 1. The van der Waals surface area contributed by atoms with Gasteiger partial charge in [-0.1, -0.05) is 6.92 Å². The smallest absolute Gasteiger partial charge is 0.335 e. The molecule has 3 atom stereocenters. The number of nitrogens with zero attached hydrogens (tertiary/aromatic N) is 1. The van der Waals surface area contributed by atoms with Crippen molar-refractivity contribution in [3.05, 3.63) is 34.6 Å². The van der Waals surface area contributed by atoms with Crippen LogP contribution in [0.1, 0.15) is 41.3 Å². The zero-order valence-electron chi connectivity index (χ0n) is 13.8. The lowest BCUT2D eigenvalue weighted by Crippen LogP contribution is -2.52. The van der Waals surface area contributed by atoms with Crippen LogP contribution in [0.5, 0.6) is 0 Å². The Labute approximate surface area is 140 Å². The van der Waals surface area contributed by atoms with Gasteiger partial charge in [0.25, 0.3) is 0 Å². The van der Waals surface area contributed by atoms with E-state index in [9.17, 15) is 14.3 Å². The number of nitrogens with one attached hydrogen (secondary N) is 1. The maximum atomic E-state index is 14.4. The van der Waals surface area contributed by atoms with Crippen LogP contribution in [0.25, 0.3) is 0 Å². The number of hydrogen-bond donors (Lipinski definition) is 2. The highest BCUT2D eigenvalue weighted by Gasteiger charge is 2.48. The molecule has 2 fully saturated rings. The van der Waals surface area contributed by atoms with Crippen LogP contribution < -0.4 is 5.32 Å². The van der Waals surface area contributed by atoms with E-state index in [1.165, 1.54) is 0 Å². The monoisotopic (exact) mass is 334 g/mol. The fraction of sp³-hybridized carbons (Fsp3) is 0.611. The second kappa shape index (κ2) is 5.79. The molecule has 2 N–H and O–H groups in total. The zero-order chi connectivity index (χ0) is 16.9. The van der Waals surface area contributed by atoms with Crippen molar-refractivity contribution in [3.8, 4) is 0 Å². The van der Waals surface area contributed by atoms with Gasteiger partial charge < -0.3 is 15.2 Å². The van der Waals surface area contributed by atoms with Crippen molar-refractivity contribution in [1.29, 1.82) is 0 Å². The third kappa shape index (κ3) is 2.62. The maximum Gasteiger partial charge on any atom is 0.335 e. The van der Waals surface area contributed by atoms with Gasteiger partial charge in [-0.25, -0.2) is 9.18 Å². The van der Waals surface area contributed by atoms with Crippen molar-refractivity contribution in [2.24, 2.45) is 0 Å². The molecule has 0 amide bonds. The standard InChI is InChI=1S/C18H23FN2O3/c1-2-14-5-15-12(3-11(17(22)23)4-16(15)19)7-21(14)10-18-6-13(8-24-18)20-9-18/h3-4,13-14,20H,2,5-10H2,1H3,(H,22,23)/t13-,14-,18-/m1/s1. The highest BCUT2D eigenvalue weighted by Crippen LogP contribution is 2.35. The van der Waals surface area contributed by atoms with Gasteiger partial charge in [-0.05, 0) is 42.5 Å². The molecule has 6 heteroatoms. The summed E-state index contributed by atoms with van der Waals surface area (Å²) in [7, 11) is 0. The second-order valence-corrected chi connectivity index (χ2v) is 7.35. The third-order valence-corrected chi connectivity index (χ3v) is 5.75. The van der Waals surface area contributed by atoms with E-state index in [0.717, 1.165) is 44.2 Å². The number of carboxylic acids is 1. The quantitative estimate of drug-likeness (QED) is 0.879.